The van der Waals surface area contributed by atoms with Crippen molar-refractivity contribution in [3.05, 3.63) is 0 Å². The van der Waals surface area contributed by atoms with E-state index in [0.717, 1.165) is 13.8 Å². The van der Waals surface area contributed by atoms with Crippen molar-refractivity contribution in [2.45, 2.75) is 13.8 Å². The van der Waals surface area contributed by atoms with Crippen molar-refractivity contribution in [2.75, 3.05) is 0 Å². The second-order valence-corrected chi connectivity index (χ2v) is 2.10. The van der Waals surface area contributed by atoms with Crippen molar-refractivity contribution >= 4 is 52.9 Å². The van der Waals surface area contributed by atoms with E-state index in [0.29, 0.717) is 0 Å². The number of carbonyl (C=O) groups is 2. The van der Waals surface area contributed by atoms with Crippen LogP contribution in [0.1, 0.15) is 13.8 Å². The van der Waals surface area contributed by atoms with Gasteiger partial charge < -0.3 is 8.37 Å². The molecule has 0 spiro atoms. The monoisotopic (exact) mass is 189 g/mol. The van der Waals surface area contributed by atoms with E-state index >= 15 is 0 Å². The standard InChI is InChI=1S/C4H6O5S.Na/c1-3(5)8-10(7)9-4(2)6;/h1-2H3;. The van der Waals surface area contributed by atoms with E-state index < -0.39 is 23.3 Å². The molecule has 0 saturated carbocycles. The summed E-state index contributed by atoms with van der Waals surface area (Å²) in [6, 6.07) is 0. The number of hydrogen-bond donors (Lipinski definition) is 0. The first-order valence-corrected chi connectivity index (χ1v) is 3.32. The van der Waals surface area contributed by atoms with Crippen LogP contribution in [0, 0.1) is 0 Å². The molecule has 0 aromatic heterocycles. The van der Waals surface area contributed by atoms with E-state index in [1.807, 2.05) is 0 Å². The van der Waals surface area contributed by atoms with Crippen LogP contribution in [0.5, 0.6) is 0 Å². The summed E-state index contributed by atoms with van der Waals surface area (Å²) in [5.74, 6) is -1.53. The predicted molar refractivity (Wildman–Crippen MR) is 37.4 cm³/mol. The van der Waals surface area contributed by atoms with Gasteiger partial charge in [0.15, 0.2) is 0 Å². The minimum absolute atomic E-state index is 0. The van der Waals surface area contributed by atoms with Gasteiger partial charge in [0, 0.05) is 43.4 Å². The molecule has 0 atom stereocenters. The van der Waals surface area contributed by atoms with Crippen molar-refractivity contribution in [1.82, 2.24) is 0 Å². The van der Waals surface area contributed by atoms with Crippen LogP contribution >= 0.6 is 0 Å². The smallest absolute Gasteiger partial charge is 0.335 e. The number of carbonyl (C=O) groups excluding carboxylic acids is 2. The normalized spacial score (nSPS) is 8.27. The molecule has 0 N–H and O–H groups in total. The Morgan fingerprint density at radius 1 is 1.09 bits per heavy atom. The molecule has 1 radical (unpaired) electrons. The topological polar surface area (TPSA) is 69.7 Å². The Morgan fingerprint density at radius 3 is 1.55 bits per heavy atom. The minimum Gasteiger partial charge on any atom is -0.335 e. The average Bonchev–Trinajstić information content (AvgIpc) is 1.58. The first-order chi connectivity index (χ1) is 4.52. The average molecular weight is 189 g/mol. The Balaban J connectivity index is 0. The van der Waals surface area contributed by atoms with Gasteiger partial charge in [-0.1, -0.05) is 0 Å². The molecular weight excluding hydrogens is 183 g/mol. The Kier molecular flexibility index (Phi) is 8.42. The molecule has 0 aliphatic rings. The summed E-state index contributed by atoms with van der Waals surface area (Å²) in [4.78, 5) is 20.1. The first-order valence-electron chi connectivity index (χ1n) is 2.32. The van der Waals surface area contributed by atoms with Crippen LogP contribution in [0.3, 0.4) is 0 Å². The van der Waals surface area contributed by atoms with Gasteiger partial charge in [-0.05, 0) is 0 Å². The van der Waals surface area contributed by atoms with E-state index in [2.05, 4.69) is 8.37 Å². The summed E-state index contributed by atoms with van der Waals surface area (Å²) in [6.45, 7) is 2.11. The maximum atomic E-state index is 10.3. The second-order valence-electron chi connectivity index (χ2n) is 1.35. The van der Waals surface area contributed by atoms with Crippen molar-refractivity contribution in [2.24, 2.45) is 0 Å². The summed E-state index contributed by atoms with van der Waals surface area (Å²) in [6.07, 6.45) is 0. The molecule has 0 unspecified atom stereocenters. The fraction of sp³-hybridized carbons (Fsp3) is 0.500. The Morgan fingerprint density at radius 2 is 1.36 bits per heavy atom. The molecular formula is C4H6NaO5S. The molecule has 0 aliphatic heterocycles. The SMILES string of the molecule is CC(=O)OS(=O)OC(C)=O.[Na]. The van der Waals surface area contributed by atoms with Gasteiger partial charge in [0.2, 0.25) is 0 Å². The molecule has 0 rings (SSSR count). The Bertz CT molecular complexity index is 161. The van der Waals surface area contributed by atoms with Gasteiger partial charge in [0.1, 0.15) is 0 Å². The van der Waals surface area contributed by atoms with E-state index in [9.17, 15) is 13.8 Å². The molecule has 0 amide bonds. The van der Waals surface area contributed by atoms with Gasteiger partial charge in [-0.25, -0.2) is 0 Å². The minimum atomic E-state index is -2.28. The molecule has 0 heterocycles. The van der Waals surface area contributed by atoms with Crippen LogP contribution in [0.4, 0.5) is 0 Å². The molecule has 7 heteroatoms. The summed E-state index contributed by atoms with van der Waals surface area (Å²) in [5.41, 5.74) is 0. The zero-order valence-corrected chi connectivity index (χ0v) is 9.27. The third kappa shape index (κ3) is 10.1. The third-order valence-electron chi connectivity index (χ3n) is 0.371. The van der Waals surface area contributed by atoms with Gasteiger partial charge in [0.05, 0.1) is 0 Å². The second kappa shape index (κ2) is 6.78. The molecule has 59 valence electrons. The fourth-order valence-electron chi connectivity index (χ4n) is 0.209. The third-order valence-corrected chi connectivity index (χ3v) is 1.11. The molecule has 0 aromatic rings. The van der Waals surface area contributed by atoms with Crippen LogP contribution in [-0.2, 0) is 29.3 Å². The van der Waals surface area contributed by atoms with Crippen molar-refractivity contribution in [3.63, 3.8) is 0 Å². The van der Waals surface area contributed by atoms with Gasteiger partial charge in [0.25, 0.3) is 0 Å². The van der Waals surface area contributed by atoms with Crippen LogP contribution in [0.2, 0.25) is 0 Å². The van der Waals surface area contributed by atoms with E-state index in [1.54, 1.807) is 0 Å². The summed E-state index contributed by atoms with van der Waals surface area (Å²) < 4.78 is 18.2. The first kappa shape index (κ1) is 13.7. The van der Waals surface area contributed by atoms with E-state index in [4.69, 9.17) is 0 Å². The summed E-state index contributed by atoms with van der Waals surface area (Å²) in [5, 5.41) is 0. The van der Waals surface area contributed by atoms with E-state index in [1.165, 1.54) is 0 Å². The largest absolute Gasteiger partial charge is 0.422 e. The molecule has 11 heavy (non-hydrogen) atoms. The van der Waals surface area contributed by atoms with Crippen molar-refractivity contribution in [3.8, 4) is 0 Å². The van der Waals surface area contributed by atoms with Crippen LogP contribution in [-0.4, -0.2) is 45.7 Å². The molecule has 0 saturated heterocycles. The Hall–Kier alpha value is 0.0900. The quantitative estimate of drug-likeness (QED) is 0.538. The number of rotatable bonds is 2. The maximum Gasteiger partial charge on any atom is 0.422 e. The van der Waals surface area contributed by atoms with Gasteiger partial charge in [-0.2, -0.15) is 4.21 Å². The van der Waals surface area contributed by atoms with Crippen LogP contribution in [0.15, 0.2) is 0 Å². The van der Waals surface area contributed by atoms with Crippen molar-refractivity contribution in [1.29, 1.82) is 0 Å². The van der Waals surface area contributed by atoms with Gasteiger partial charge in [-0.15, -0.1) is 0 Å². The molecule has 0 fully saturated rings. The summed E-state index contributed by atoms with van der Waals surface area (Å²) >= 11 is -2.28. The molecule has 0 aliphatic carbocycles. The van der Waals surface area contributed by atoms with E-state index in [-0.39, 0.29) is 29.6 Å². The Labute approximate surface area is 88.6 Å². The van der Waals surface area contributed by atoms with Gasteiger partial charge in [-0.3, -0.25) is 9.59 Å². The molecule has 0 aromatic carbocycles. The van der Waals surface area contributed by atoms with Crippen LogP contribution < -0.4 is 0 Å². The molecule has 0 bridgehead atoms. The maximum absolute atomic E-state index is 10.3. The van der Waals surface area contributed by atoms with Crippen molar-refractivity contribution < 1.29 is 22.2 Å². The molecule has 5 nitrogen and oxygen atoms in total. The van der Waals surface area contributed by atoms with Crippen LogP contribution in [0.25, 0.3) is 0 Å². The predicted octanol–water partition coefficient (Wildman–Crippen LogP) is -0.690. The summed E-state index contributed by atoms with van der Waals surface area (Å²) in [7, 11) is 0. The zero-order chi connectivity index (χ0) is 8.15. The number of hydrogen-bond acceptors (Lipinski definition) is 5. The fourth-order valence-corrected chi connectivity index (χ4v) is 0.626. The van der Waals surface area contributed by atoms with Gasteiger partial charge >= 0.3 is 23.3 Å². The zero-order valence-electron chi connectivity index (χ0n) is 6.45.